The molecule has 1 aliphatic carbocycles. The lowest BCUT2D eigenvalue weighted by Gasteiger charge is -2.23. The predicted molar refractivity (Wildman–Crippen MR) is 81.6 cm³/mol. The Hall–Kier alpha value is -1.60. The highest BCUT2D eigenvalue weighted by Crippen LogP contribution is 2.20. The van der Waals surface area contributed by atoms with Crippen LogP contribution in [0.3, 0.4) is 0 Å². The Balaban J connectivity index is 2.06. The maximum absolute atomic E-state index is 12.0. The van der Waals surface area contributed by atoms with E-state index in [4.69, 9.17) is 5.14 Å². The van der Waals surface area contributed by atoms with Crippen molar-refractivity contribution in [3.8, 4) is 0 Å². The van der Waals surface area contributed by atoms with Crippen molar-refractivity contribution >= 4 is 21.7 Å². The van der Waals surface area contributed by atoms with Gasteiger partial charge in [-0.3, -0.25) is 0 Å². The van der Waals surface area contributed by atoms with Gasteiger partial charge in [0, 0.05) is 11.7 Å². The number of rotatable bonds is 3. The molecular weight excluding hydrogens is 290 g/mol. The standard InChI is InChI=1S/C14H21N3O3S/c1-10-7-8-12(21(15,19)20)9-13(10)17-14(18)16-11-5-3-2-4-6-11/h7-9,11H,2-6H2,1H3,(H2,15,19,20)(H2,16,17,18). The van der Waals surface area contributed by atoms with Crippen molar-refractivity contribution in [2.24, 2.45) is 5.14 Å². The summed E-state index contributed by atoms with van der Waals surface area (Å²) in [5.74, 6) is 0. The number of hydrogen-bond acceptors (Lipinski definition) is 3. The Morgan fingerprint density at radius 3 is 2.52 bits per heavy atom. The van der Waals surface area contributed by atoms with Gasteiger partial charge in [0.05, 0.1) is 4.90 Å². The lowest BCUT2D eigenvalue weighted by molar-refractivity contribution is 0.244. The van der Waals surface area contributed by atoms with Crippen molar-refractivity contribution in [1.29, 1.82) is 0 Å². The summed E-state index contributed by atoms with van der Waals surface area (Å²) in [4.78, 5) is 12.0. The summed E-state index contributed by atoms with van der Waals surface area (Å²) in [6, 6.07) is 4.31. The Kier molecular flexibility index (Phi) is 4.84. The van der Waals surface area contributed by atoms with Gasteiger partial charge in [-0.15, -0.1) is 0 Å². The van der Waals surface area contributed by atoms with Crippen LogP contribution in [0, 0.1) is 6.92 Å². The molecule has 4 N–H and O–H groups in total. The molecule has 1 saturated carbocycles. The quantitative estimate of drug-likeness (QED) is 0.796. The van der Waals surface area contributed by atoms with Crippen molar-refractivity contribution in [1.82, 2.24) is 5.32 Å². The van der Waals surface area contributed by atoms with E-state index in [1.54, 1.807) is 13.0 Å². The third kappa shape index (κ3) is 4.44. The Morgan fingerprint density at radius 1 is 1.24 bits per heavy atom. The second-order valence-corrected chi connectivity index (χ2v) is 7.02. The highest BCUT2D eigenvalue weighted by Gasteiger charge is 2.17. The lowest BCUT2D eigenvalue weighted by atomic mass is 9.96. The lowest BCUT2D eigenvalue weighted by Crippen LogP contribution is -2.39. The first-order chi connectivity index (χ1) is 9.86. The number of sulfonamides is 1. The maximum atomic E-state index is 12.0. The third-order valence-electron chi connectivity index (χ3n) is 3.73. The van der Waals surface area contributed by atoms with Crippen LogP contribution >= 0.6 is 0 Å². The molecule has 116 valence electrons. The first-order valence-corrected chi connectivity index (χ1v) is 8.62. The molecule has 1 fully saturated rings. The van der Waals surface area contributed by atoms with Crippen LogP contribution in [0.15, 0.2) is 23.1 Å². The average molecular weight is 311 g/mol. The van der Waals surface area contributed by atoms with Crippen LogP contribution in [0.5, 0.6) is 0 Å². The van der Waals surface area contributed by atoms with Crippen LogP contribution in [0.25, 0.3) is 0 Å². The first kappa shape index (κ1) is 15.8. The minimum Gasteiger partial charge on any atom is -0.335 e. The summed E-state index contributed by atoms with van der Waals surface area (Å²) in [6.45, 7) is 1.79. The fourth-order valence-electron chi connectivity index (χ4n) is 2.50. The summed E-state index contributed by atoms with van der Waals surface area (Å²) in [5.41, 5.74) is 1.23. The highest BCUT2D eigenvalue weighted by molar-refractivity contribution is 7.89. The van der Waals surface area contributed by atoms with Gasteiger partial charge in [-0.2, -0.15) is 0 Å². The summed E-state index contributed by atoms with van der Waals surface area (Å²) < 4.78 is 22.7. The average Bonchev–Trinajstić information content (AvgIpc) is 2.41. The summed E-state index contributed by atoms with van der Waals surface area (Å²) in [5, 5.41) is 10.7. The largest absolute Gasteiger partial charge is 0.335 e. The molecule has 2 rings (SSSR count). The van der Waals surface area contributed by atoms with Crippen molar-refractivity contribution in [2.45, 2.75) is 50.0 Å². The van der Waals surface area contributed by atoms with E-state index in [9.17, 15) is 13.2 Å². The van der Waals surface area contributed by atoms with Crippen LogP contribution in [0.1, 0.15) is 37.7 Å². The zero-order valence-corrected chi connectivity index (χ0v) is 12.9. The molecule has 0 unspecified atom stereocenters. The third-order valence-corrected chi connectivity index (χ3v) is 4.64. The van der Waals surface area contributed by atoms with Crippen molar-refractivity contribution in [3.05, 3.63) is 23.8 Å². The molecule has 0 atom stereocenters. The molecule has 0 aromatic heterocycles. The summed E-state index contributed by atoms with van der Waals surface area (Å²) in [7, 11) is -3.78. The van der Waals surface area contributed by atoms with Crippen LogP contribution in [0.2, 0.25) is 0 Å². The SMILES string of the molecule is Cc1ccc(S(N)(=O)=O)cc1NC(=O)NC1CCCCC1. The fourth-order valence-corrected chi connectivity index (χ4v) is 3.04. The normalized spacial score (nSPS) is 16.5. The molecule has 1 aromatic rings. The van der Waals surface area contributed by atoms with Gasteiger partial charge in [0.25, 0.3) is 0 Å². The molecule has 0 radical (unpaired) electrons. The van der Waals surface area contributed by atoms with Gasteiger partial charge in [0.15, 0.2) is 0 Å². The molecule has 1 aromatic carbocycles. The predicted octanol–water partition coefficient (Wildman–Crippen LogP) is 2.10. The number of amides is 2. The summed E-state index contributed by atoms with van der Waals surface area (Å²) >= 11 is 0. The van der Waals surface area contributed by atoms with Gasteiger partial charge in [0.1, 0.15) is 0 Å². The van der Waals surface area contributed by atoms with Gasteiger partial charge in [0.2, 0.25) is 10.0 Å². The van der Waals surface area contributed by atoms with E-state index in [1.165, 1.54) is 18.6 Å². The summed E-state index contributed by atoms with van der Waals surface area (Å²) in [6.07, 6.45) is 5.46. The zero-order valence-electron chi connectivity index (χ0n) is 12.1. The molecule has 0 saturated heterocycles. The van der Waals surface area contributed by atoms with Gasteiger partial charge in [-0.25, -0.2) is 18.4 Å². The number of nitrogens with one attached hydrogen (secondary N) is 2. The molecule has 0 aliphatic heterocycles. The number of urea groups is 1. The number of carbonyl (C=O) groups is 1. The minimum absolute atomic E-state index is 0.0129. The number of hydrogen-bond donors (Lipinski definition) is 3. The first-order valence-electron chi connectivity index (χ1n) is 7.07. The van der Waals surface area contributed by atoms with E-state index < -0.39 is 10.0 Å². The fraction of sp³-hybridized carbons (Fsp3) is 0.500. The molecule has 7 heteroatoms. The Labute approximate surface area is 125 Å². The van der Waals surface area contributed by atoms with E-state index in [-0.39, 0.29) is 17.0 Å². The van der Waals surface area contributed by atoms with Crippen LogP contribution in [0.4, 0.5) is 10.5 Å². The van der Waals surface area contributed by atoms with Crippen molar-refractivity contribution in [3.63, 3.8) is 0 Å². The molecular formula is C14H21N3O3S. The highest BCUT2D eigenvalue weighted by atomic mass is 32.2. The molecule has 6 nitrogen and oxygen atoms in total. The van der Waals surface area contributed by atoms with Crippen LogP contribution in [-0.2, 0) is 10.0 Å². The number of benzene rings is 1. The van der Waals surface area contributed by atoms with E-state index in [0.717, 1.165) is 31.2 Å². The molecule has 2 amide bonds. The van der Waals surface area contributed by atoms with E-state index in [1.807, 2.05) is 0 Å². The minimum atomic E-state index is -3.78. The molecule has 0 spiro atoms. The molecule has 1 aliphatic rings. The van der Waals surface area contributed by atoms with Crippen LogP contribution in [-0.4, -0.2) is 20.5 Å². The smallest absolute Gasteiger partial charge is 0.319 e. The van der Waals surface area contributed by atoms with Crippen molar-refractivity contribution < 1.29 is 13.2 Å². The zero-order chi connectivity index (χ0) is 15.5. The molecule has 0 heterocycles. The number of primary sulfonamides is 1. The van der Waals surface area contributed by atoms with Crippen LogP contribution < -0.4 is 15.8 Å². The van der Waals surface area contributed by atoms with Crippen molar-refractivity contribution in [2.75, 3.05) is 5.32 Å². The number of aryl methyl sites for hydroxylation is 1. The van der Waals surface area contributed by atoms with E-state index in [2.05, 4.69) is 10.6 Å². The van der Waals surface area contributed by atoms with Gasteiger partial charge in [-0.05, 0) is 37.5 Å². The number of carbonyl (C=O) groups excluding carboxylic acids is 1. The second kappa shape index (κ2) is 6.44. The maximum Gasteiger partial charge on any atom is 0.319 e. The monoisotopic (exact) mass is 311 g/mol. The van der Waals surface area contributed by atoms with Gasteiger partial charge < -0.3 is 10.6 Å². The Morgan fingerprint density at radius 2 is 1.90 bits per heavy atom. The van der Waals surface area contributed by atoms with E-state index in [0.29, 0.717) is 5.69 Å². The molecule has 21 heavy (non-hydrogen) atoms. The second-order valence-electron chi connectivity index (χ2n) is 5.46. The van der Waals surface area contributed by atoms with E-state index >= 15 is 0 Å². The molecule has 0 bridgehead atoms. The number of nitrogens with two attached hydrogens (primary N) is 1. The van der Waals surface area contributed by atoms with Gasteiger partial charge in [-0.1, -0.05) is 25.3 Å². The Bertz CT molecular complexity index is 622. The number of anilines is 1. The van der Waals surface area contributed by atoms with Gasteiger partial charge >= 0.3 is 6.03 Å². The topological polar surface area (TPSA) is 101 Å².